The molecule has 0 radical (unpaired) electrons. The number of halogens is 2. The number of nitrogens with two attached hydrogens (primary N) is 1. The van der Waals surface area contributed by atoms with Gasteiger partial charge in [-0.3, -0.25) is 4.98 Å². The van der Waals surface area contributed by atoms with Crippen molar-refractivity contribution >= 4 is 23.0 Å². The lowest BCUT2D eigenvalue weighted by Gasteiger charge is -2.21. The van der Waals surface area contributed by atoms with Crippen molar-refractivity contribution in [3.63, 3.8) is 0 Å². The van der Waals surface area contributed by atoms with Crippen molar-refractivity contribution in [2.75, 3.05) is 24.2 Å². The van der Waals surface area contributed by atoms with Gasteiger partial charge < -0.3 is 10.6 Å². The van der Waals surface area contributed by atoms with Gasteiger partial charge in [0.25, 0.3) is 0 Å². The Bertz CT molecular complexity index is 560. The maximum absolute atomic E-state index is 13.2. The lowest BCUT2D eigenvalue weighted by Crippen LogP contribution is -2.21. The van der Waals surface area contributed by atoms with Crippen molar-refractivity contribution in [2.24, 2.45) is 0 Å². The van der Waals surface area contributed by atoms with Gasteiger partial charge in [0, 0.05) is 38.0 Å². The minimum Gasteiger partial charge on any atom is -0.397 e. The molecule has 0 bridgehead atoms. The van der Waals surface area contributed by atoms with Gasteiger partial charge in [0.15, 0.2) is 0 Å². The van der Waals surface area contributed by atoms with Gasteiger partial charge in [-0.25, -0.2) is 4.39 Å². The van der Waals surface area contributed by atoms with Crippen LogP contribution in [0.15, 0.2) is 36.5 Å². The zero-order valence-electron chi connectivity index (χ0n) is 10.6. The highest BCUT2D eigenvalue weighted by Crippen LogP contribution is 2.28. The molecule has 100 valence electrons. The zero-order chi connectivity index (χ0) is 13.8. The quantitative estimate of drug-likeness (QED) is 0.875. The van der Waals surface area contributed by atoms with Gasteiger partial charge in [-0.15, -0.1) is 0 Å². The number of nitrogen functional groups attached to an aromatic ring is 1. The fourth-order valence-corrected chi connectivity index (χ4v) is 1.99. The molecule has 0 aliphatic rings. The molecule has 0 spiro atoms. The number of anilines is 2. The SMILES string of the molecule is CN(CCc1ccccn1)c1cc(Cl)c(F)cc1N. The Morgan fingerprint density at radius 1 is 1.37 bits per heavy atom. The van der Waals surface area contributed by atoms with Gasteiger partial charge in [0.2, 0.25) is 0 Å². The summed E-state index contributed by atoms with van der Waals surface area (Å²) in [7, 11) is 1.89. The maximum Gasteiger partial charge on any atom is 0.143 e. The molecule has 0 aliphatic carbocycles. The van der Waals surface area contributed by atoms with Gasteiger partial charge in [-0.05, 0) is 18.2 Å². The molecule has 0 saturated carbocycles. The van der Waals surface area contributed by atoms with Crippen molar-refractivity contribution in [3.8, 4) is 0 Å². The van der Waals surface area contributed by atoms with E-state index in [4.69, 9.17) is 17.3 Å². The molecule has 0 saturated heterocycles. The summed E-state index contributed by atoms with van der Waals surface area (Å²) in [4.78, 5) is 6.19. The Balaban J connectivity index is 2.08. The van der Waals surface area contributed by atoms with E-state index in [1.165, 1.54) is 6.07 Å². The van der Waals surface area contributed by atoms with E-state index in [2.05, 4.69) is 4.98 Å². The van der Waals surface area contributed by atoms with E-state index in [0.29, 0.717) is 5.69 Å². The highest BCUT2D eigenvalue weighted by atomic mass is 35.5. The standard InChI is InChI=1S/C14H15ClFN3/c1-19(7-5-10-4-2-3-6-18-10)14-8-11(15)12(16)9-13(14)17/h2-4,6,8-9H,5,7,17H2,1H3. The molecule has 1 aromatic heterocycles. The van der Waals surface area contributed by atoms with Crippen molar-refractivity contribution < 1.29 is 4.39 Å². The van der Waals surface area contributed by atoms with Crippen LogP contribution in [0.5, 0.6) is 0 Å². The molecule has 19 heavy (non-hydrogen) atoms. The smallest absolute Gasteiger partial charge is 0.143 e. The average molecular weight is 280 g/mol. The normalized spacial score (nSPS) is 10.5. The monoisotopic (exact) mass is 279 g/mol. The molecule has 0 atom stereocenters. The number of nitrogens with zero attached hydrogens (tertiary/aromatic N) is 2. The first-order chi connectivity index (χ1) is 9.08. The molecule has 2 rings (SSSR count). The molecule has 0 unspecified atom stereocenters. The molecule has 0 aliphatic heterocycles. The number of aromatic nitrogens is 1. The molecule has 2 aromatic rings. The van der Waals surface area contributed by atoms with E-state index >= 15 is 0 Å². The second-order valence-electron chi connectivity index (χ2n) is 4.32. The van der Waals surface area contributed by atoms with E-state index < -0.39 is 5.82 Å². The number of benzene rings is 1. The zero-order valence-corrected chi connectivity index (χ0v) is 11.4. The van der Waals surface area contributed by atoms with Crippen molar-refractivity contribution in [2.45, 2.75) is 6.42 Å². The molecular weight excluding hydrogens is 265 g/mol. The molecule has 1 heterocycles. The third-order valence-electron chi connectivity index (χ3n) is 2.91. The summed E-state index contributed by atoms with van der Waals surface area (Å²) in [6.07, 6.45) is 2.55. The van der Waals surface area contributed by atoms with Crippen LogP contribution in [0, 0.1) is 5.82 Å². The number of pyridine rings is 1. The van der Waals surface area contributed by atoms with Crippen LogP contribution in [0.25, 0.3) is 0 Å². The van der Waals surface area contributed by atoms with Crippen molar-refractivity contribution in [3.05, 3.63) is 53.1 Å². The highest BCUT2D eigenvalue weighted by molar-refractivity contribution is 6.31. The van der Waals surface area contributed by atoms with E-state index in [-0.39, 0.29) is 5.02 Å². The Kier molecular flexibility index (Phi) is 4.22. The van der Waals surface area contributed by atoms with E-state index in [1.54, 1.807) is 12.3 Å². The summed E-state index contributed by atoms with van der Waals surface area (Å²) >= 11 is 5.78. The summed E-state index contributed by atoms with van der Waals surface area (Å²) in [5.74, 6) is -0.499. The summed E-state index contributed by atoms with van der Waals surface area (Å²) in [5.41, 5.74) is 7.91. The first-order valence-electron chi connectivity index (χ1n) is 5.93. The van der Waals surface area contributed by atoms with Gasteiger partial charge in [0.1, 0.15) is 5.82 Å². The Hall–Kier alpha value is -1.81. The van der Waals surface area contributed by atoms with Crippen molar-refractivity contribution in [1.29, 1.82) is 0 Å². The van der Waals surface area contributed by atoms with Gasteiger partial charge in [0.05, 0.1) is 16.4 Å². The van der Waals surface area contributed by atoms with Crippen LogP contribution in [-0.4, -0.2) is 18.6 Å². The summed E-state index contributed by atoms with van der Waals surface area (Å²) in [6, 6.07) is 8.59. The number of hydrogen-bond acceptors (Lipinski definition) is 3. The average Bonchev–Trinajstić information content (AvgIpc) is 2.41. The molecule has 0 amide bonds. The third kappa shape index (κ3) is 3.35. The minimum absolute atomic E-state index is 0.0777. The second kappa shape index (κ2) is 5.89. The van der Waals surface area contributed by atoms with E-state index in [1.807, 2.05) is 30.1 Å². The predicted molar refractivity (Wildman–Crippen MR) is 77.0 cm³/mol. The van der Waals surface area contributed by atoms with Crippen LogP contribution in [-0.2, 0) is 6.42 Å². The lowest BCUT2D eigenvalue weighted by atomic mass is 10.2. The van der Waals surface area contributed by atoms with Crippen molar-refractivity contribution in [1.82, 2.24) is 4.98 Å². The molecule has 2 N–H and O–H groups in total. The fraction of sp³-hybridized carbons (Fsp3) is 0.214. The molecule has 0 fully saturated rings. The van der Waals surface area contributed by atoms with Crippen LogP contribution in [0.3, 0.4) is 0 Å². The number of hydrogen-bond donors (Lipinski definition) is 1. The van der Waals surface area contributed by atoms with Crippen LogP contribution < -0.4 is 10.6 Å². The van der Waals surface area contributed by atoms with Crippen LogP contribution in [0.2, 0.25) is 5.02 Å². The molecule has 3 nitrogen and oxygen atoms in total. The highest BCUT2D eigenvalue weighted by Gasteiger charge is 2.10. The first kappa shape index (κ1) is 13.6. The van der Waals surface area contributed by atoms with Gasteiger partial charge >= 0.3 is 0 Å². The van der Waals surface area contributed by atoms with Gasteiger partial charge in [-0.1, -0.05) is 17.7 Å². The number of likely N-dealkylation sites (N-methyl/N-ethyl adjacent to an activating group) is 1. The second-order valence-corrected chi connectivity index (χ2v) is 4.72. The predicted octanol–water partition coefficient (Wildman–Crippen LogP) is 3.14. The first-order valence-corrected chi connectivity index (χ1v) is 6.31. The summed E-state index contributed by atoms with van der Waals surface area (Å²) in [6.45, 7) is 0.725. The minimum atomic E-state index is -0.499. The molecule has 1 aromatic carbocycles. The largest absolute Gasteiger partial charge is 0.397 e. The maximum atomic E-state index is 13.2. The Labute approximate surface area is 116 Å². The van der Waals surface area contributed by atoms with Crippen LogP contribution >= 0.6 is 11.6 Å². The van der Waals surface area contributed by atoms with E-state index in [0.717, 1.165) is 24.3 Å². The molecular formula is C14H15ClFN3. The van der Waals surface area contributed by atoms with Crippen LogP contribution in [0.1, 0.15) is 5.69 Å². The summed E-state index contributed by atoms with van der Waals surface area (Å²) in [5, 5.41) is 0.0777. The van der Waals surface area contributed by atoms with Gasteiger partial charge in [-0.2, -0.15) is 0 Å². The lowest BCUT2D eigenvalue weighted by molar-refractivity contribution is 0.628. The van der Waals surface area contributed by atoms with Crippen LogP contribution in [0.4, 0.5) is 15.8 Å². The van der Waals surface area contributed by atoms with E-state index in [9.17, 15) is 4.39 Å². The topological polar surface area (TPSA) is 42.2 Å². The summed E-state index contributed by atoms with van der Waals surface area (Å²) < 4.78 is 13.2. The molecule has 5 heteroatoms. The third-order valence-corrected chi connectivity index (χ3v) is 3.20. The Morgan fingerprint density at radius 3 is 2.84 bits per heavy atom. The fourth-order valence-electron chi connectivity index (χ4n) is 1.83. The Morgan fingerprint density at radius 2 is 2.16 bits per heavy atom. The number of rotatable bonds is 4.